The van der Waals surface area contributed by atoms with Crippen LogP contribution < -0.4 is 10.2 Å². The number of rotatable bonds is 2. The predicted octanol–water partition coefficient (Wildman–Crippen LogP) is 2.32. The van der Waals surface area contributed by atoms with Crippen molar-refractivity contribution in [1.82, 2.24) is 15.3 Å². The SMILES string of the molecule is Brc1ccccc1-c1ccnc(N2CCNCC2)n1. The average Bonchev–Trinajstić information content (AvgIpc) is 2.49. The summed E-state index contributed by atoms with van der Waals surface area (Å²) in [5.74, 6) is 0.815. The van der Waals surface area contributed by atoms with Crippen LogP contribution in [0.1, 0.15) is 0 Å². The molecule has 1 saturated heterocycles. The fourth-order valence-electron chi connectivity index (χ4n) is 2.18. The Morgan fingerprint density at radius 3 is 2.68 bits per heavy atom. The van der Waals surface area contributed by atoms with Crippen molar-refractivity contribution in [2.45, 2.75) is 0 Å². The maximum absolute atomic E-state index is 4.68. The smallest absolute Gasteiger partial charge is 0.225 e. The lowest BCUT2D eigenvalue weighted by Gasteiger charge is -2.27. The first-order chi connectivity index (χ1) is 9.34. The number of anilines is 1. The second kappa shape index (κ2) is 5.67. The quantitative estimate of drug-likeness (QED) is 0.922. The van der Waals surface area contributed by atoms with Gasteiger partial charge in [-0.2, -0.15) is 0 Å². The van der Waals surface area contributed by atoms with Crippen molar-refractivity contribution >= 4 is 21.9 Å². The molecule has 2 aromatic rings. The minimum absolute atomic E-state index is 0.815. The van der Waals surface area contributed by atoms with Crippen molar-refractivity contribution < 1.29 is 0 Å². The molecule has 98 valence electrons. The summed E-state index contributed by atoms with van der Waals surface area (Å²) in [6, 6.07) is 10.1. The highest BCUT2D eigenvalue weighted by atomic mass is 79.9. The monoisotopic (exact) mass is 318 g/mol. The Bertz CT molecular complexity index is 567. The molecular weight excluding hydrogens is 304 g/mol. The molecule has 5 heteroatoms. The minimum atomic E-state index is 0.815. The zero-order valence-corrected chi connectivity index (χ0v) is 12.1. The molecule has 0 radical (unpaired) electrons. The largest absolute Gasteiger partial charge is 0.338 e. The van der Waals surface area contributed by atoms with Gasteiger partial charge < -0.3 is 10.2 Å². The van der Waals surface area contributed by atoms with Crippen molar-refractivity contribution in [2.24, 2.45) is 0 Å². The van der Waals surface area contributed by atoms with Crippen molar-refractivity contribution in [2.75, 3.05) is 31.1 Å². The van der Waals surface area contributed by atoms with Crippen LogP contribution in [0.2, 0.25) is 0 Å². The summed E-state index contributed by atoms with van der Waals surface area (Å²) in [6.45, 7) is 3.89. The fourth-order valence-corrected chi connectivity index (χ4v) is 2.67. The van der Waals surface area contributed by atoms with Crippen molar-refractivity contribution in [3.8, 4) is 11.3 Å². The summed E-state index contributed by atoms with van der Waals surface area (Å²) in [7, 11) is 0. The van der Waals surface area contributed by atoms with Gasteiger partial charge in [-0.3, -0.25) is 0 Å². The zero-order valence-electron chi connectivity index (χ0n) is 10.5. The number of nitrogens with zero attached hydrogens (tertiary/aromatic N) is 3. The van der Waals surface area contributed by atoms with Crippen LogP contribution in [0.15, 0.2) is 41.0 Å². The van der Waals surface area contributed by atoms with E-state index in [1.165, 1.54) is 0 Å². The van der Waals surface area contributed by atoms with Crippen LogP contribution >= 0.6 is 15.9 Å². The number of hydrogen-bond acceptors (Lipinski definition) is 4. The lowest BCUT2D eigenvalue weighted by atomic mass is 10.1. The Hall–Kier alpha value is -1.46. The summed E-state index contributed by atoms with van der Waals surface area (Å²) >= 11 is 3.57. The molecule has 1 aliphatic rings. The van der Waals surface area contributed by atoms with Gasteiger partial charge in [-0.05, 0) is 12.1 Å². The van der Waals surface area contributed by atoms with Crippen LogP contribution in [0.3, 0.4) is 0 Å². The number of benzene rings is 1. The molecule has 1 aromatic heterocycles. The van der Waals surface area contributed by atoms with E-state index in [0.717, 1.165) is 47.9 Å². The van der Waals surface area contributed by atoms with Crippen LogP contribution in [0, 0.1) is 0 Å². The maximum atomic E-state index is 4.68. The molecular formula is C14H15BrN4. The first-order valence-corrected chi connectivity index (χ1v) is 7.17. The molecule has 0 spiro atoms. The molecule has 0 bridgehead atoms. The Kier molecular flexibility index (Phi) is 3.75. The molecule has 19 heavy (non-hydrogen) atoms. The zero-order chi connectivity index (χ0) is 13.1. The van der Waals surface area contributed by atoms with E-state index >= 15 is 0 Å². The Morgan fingerprint density at radius 1 is 1.11 bits per heavy atom. The van der Waals surface area contributed by atoms with E-state index in [9.17, 15) is 0 Å². The highest BCUT2D eigenvalue weighted by molar-refractivity contribution is 9.10. The second-order valence-corrected chi connectivity index (χ2v) is 5.31. The van der Waals surface area contributed by atoms with Gasteiger partial charge in [0, 0.05) is 42.4 Å². The fraction of sp³-hybridized carbons (Fsp3) is 0.286. The average molecular weight is 319 g/mol. The van der Waals surface area contributed by atoms with Gasteiger partial charge in [-0.15, -0.1) is 0 Å². The maximum Gasteiger partial charge on any atom is 0.225 e. The highest BCUT2D eigenvalue weighted by Gasteiger charge is 2.14. The molecule has 2 heterocycles. The van der Waals surface area contributed by atoms with Gasteiger partial charge in [0.15, 0.2) is 0 Å². The molecule has 1 N–H and O–H groups in total. The van der Waals surface area contributed by atoms with E-state index in [0.29, 0.717) is 0 Å². The molecule has 0 unspecified atom stereocenters. The molecule has 4 nitrogen and oxygen atoms in total. The van der Waals surface area contributed by atoms with E-state index in [-0.39, 0.29) is 0 Å². The normalized spacial score (nSPS) is 15.5. The van der Waals surface area contributed by atoms with Crippen LogP contribution in [-0.4, -0.2) is 36.1 Å². The Morgan fingerprint density at radius 2 is 1.89 bits per heavy atom. The third-order valence-corrected chi connectivity index (χ3v) is 3.88. The summed E-state index contributed by atoms with van der Waals surface area (Å²) in [4.78, 5) is 11.3. The highest BCUT2D eigenvalue weighted by Crippen LogP contribution is 2.27. The molecule has 1 fully saturated rings. The Balaban J connectivity index is 1.93. The van der Waals surface area contributed by atoms with E-state index in [2.05, 4.69) is 42.2 Å². The van der Waals surface area contributed by atoms with E-state index in [4.69, 9.17) is 0 Å². The van der Waals surface area contributed by atoms with E-state index < -0.39 is 0 Å². The molecule has 3 rings (SSSR count). The van der Waals surface area contributed by atoms with Crippen molar-refractivity contribution in [1.29, 1.82) is 0 Å². The summed E-state index contributed by atoms with van der Waals surface area (Å²) in [5, 5.41) is 3.34. The molecule has 0 aliphatic carbocycles. The summed E-state index contributed by atoms with van der Waals surface area (Å²) in [5.41, 5.74) is 2.05. The number of nitrogens with one attached hydrogen (secondary N) is 1. The third-order valence-electron chi connectivity index (χ3n) is 3.19. The lowest BCUT2D eigenvalue weighted by Crippen LogP contribution is -2.44. The van der Waals surface area contributed by atoms with Crippen molar-refractivity contribution in [3.63, 3.8) is 0 Å². The number of piperazine rings is 1. The number of halogens is 1. The van der Waals surface area contributed by atoms with Gasteiger partial charge >= 0.3 is 0 Å². The van der Waals surface area contributed by atoms with Gasteiger partial charge in [0.25, 0.3) is 0 Å². The Labute approximate surface area is 121 Å². The van der Waals surface area contributed by atoms with E-state index in [1.54, 1.807) is 0 Å². The van der Waals surface area contributed by atoms with Gasteiger partial charge in [-0.25, -0.2) is 9.97 Å². The molecule has 0 saturated carbocycles. The summed E-state index contributed by atoms with van der Waals surface area (Å²) < 4.78 is 1.06. The number of aromatic nitrogens is 2. The third kappa shape index (κ3) is 2.77. The standard InChI is InChI=1S/C14H15BrN4/c15-12-4-2-1-3-11(12)13-5-6-17-14(18-13)19-9-7-16-8-10-19/h1-6,16H,7-10H2. The van der Waals surface area contributed by atoms with Crippen LogP contribution in [0.5, 0.6) is 0 Å². The predicted molar refractivity (Wildman–Crippen MR) is 80.3 cm³/mol. The topological polar surface area (TPSA) is 41.1 Å². The molecule has 1 aromatic carbocycles. The van der Waals surface area contributed by atoms with Crippen molar-refractivity contribution in [3.05, 3.63) is 41.0 Å². The molecule has 1 aliphatic heterocycles. The van der Waals surface area contributed by atoms with Gasteiger partial charge in [-0.1, -0.05) is 34.1 Å². The molecule has 0 atom stereocenters. The summed E-state index contributed by atoms with van der Waals surface area (Å²) in [6.07, 6.45) is 1.83. The van der Waals surface area contributed by atoms with Gasteiger partial charge in [0.1, 0.15) is 0 Å². The van der Waals surface area contributed by atoms with Gasteiger partial charge in [0.05, 0.1) is 5.69 Å². The van der Waals surface area contributed by atoms with Crippen LogP contribution in [0.4, 0.5) is 5.95 Å². The van der Waals surface area contributed by atoms with Crippen LogP contribution in [-0.2, 0) is 0 Å². The first-order valence-electron chi connectivity index (χ1n) is 6.38. The first kappa shape index (κ1) is 12.6. The molecule has 0 amide bonds. The minimum Gasteiger partial charge on any atom is -0.338 e. The van der Waals surface area contributed by atoms with Gasteiger partial charge in [0.2, 0.25) is 5.95 Å². The lowest BCUT2D eigenvalue weighted by molar-refractivity contribution is 0.580. The van der Waals surface area contributed by atoms with Crippen LogP contribution in [0.25, 0.3) is 11.3 Å². The number of hydrogen-bond donors (Lipinski definition) is 1. The second-order valence-electron chi connectivity index (χ2n) is 4.46. The van der Waals surface area contributed by atoms with E-state index in [1.807, 2.05) is 30.5 Å².